The summed E-state index contributed by atoms with van der Waals surface area (Å²) in [5.41, 5.74) is 9.16. The van der Waals surface area contributed by atoms with Gasteiger partial charge in [0.05, 0.1) is 0 Å². The predicted octanol–water partition coefficient (Wildman–Crippen LogP) is 1.61. The van der Waals surface area contributed by atoms with Gasteiger partial charge in [0.15, 0.2) is 5.82 Å². The number of hydrogen-bond acceptors (Lipinski definition) is 4. The molecule has 0 saturated carbocycles. The molecule has 0 aromatic carbocycles. The first-order valence-corrected chi connectivity index (χ1v) is 5.40. The summed E-state index contributed by atoms with van der Waals surface area (Å²) in [7, 11) is 0. The van der Waals surface area contributed by atoms with Crippen molar-refractivity contribution >= 4 is 5.82 Å². The third kappa shape index (κ3) is 1.43. The van der Waals surface area contributed by atoms with Crippen molar-refractivity contribution in [3.8, 4) is 11.4 Å². The van der Waals surface area contributed by atoms with Crippen LogP contribution in [0.4, 0.5) is 5.82 Å². The van der Waals surface area contributed by atoms with Gasteiger partial charge in [-0.2, -0.15) is 0 Å². The number of fused-ring (bicyclic) bond motifs is 1. The van der Waals surface area contributed by atoms with Gasteiger partial charge in [-0.15, -0.1) is 0 Å². The largest absolute Gasteiger partial charge is 0.383 e. The maximum absolute atomic E-state index is 5.94. The molecule has 0 bridgehead atoms. The Morgan fingerprint density at radius 3 is 2.69 bits per heavy atom. The predicted molar refractivity (Wildman–Crippen MR) is 61.7 cm³/mol. The summed E-state index contributed by atoms with van der Waals surface area (Å²) >= 11 is 0. The van der Waals surface area contributed by atoms with Crippen LogP contribution in [-0.2, 0) is 12.8 Å². The number of pyridine rings is 1. The van der Waals surface area contributed by atoms with Crippen molar-refractivity contribution in [3.05, 3.63) is 35.8 Å². The van der Waals surface area contributed by atoms with E-state index < -0.39 is 0 Å². The maximum Gasteiger partial charge on any atom is 0.161 e. The Labute approximate surface area is 93.6 Å². The van der Waals surface area contributed by atoms with Gasteiger partial charge in [0.25, 0.3) is 0 Å². The number of nitrogens with zero attached hydrogens (tertiary/aromatic N) is 3. The molecule has 0 atom stereocenters. The summed E-state index contributed by atoms with van der Waals surface area (Å²) < 4.78 is 0. The molecule has 4 heteroatoms. The van der Waals surface area contributed by atoms with Crippen molar-refractivity contribution in [3.63, 3.8) is 0 Å². The van der Waals surface area contributed by atoms with Crippen LogP contribution >= 0.6 is 0 Å². The highest BCUT2D eigenvalue weighted by Gasteiger charge is 2.17. The van der Waals surface area contributed by atoms with Crippen LogP contribution in [0.1, 0.15) is 17.7 Å². The second-order valence-electron chi connectivity index (χ2n) is 3.95. The third-order valence-electron chi connectivity index (χ3n) is 2.90. The van der Waals surface area contributed by atoms with E-state index in [1.54, 1.807) is 12.4 Å². The molecule has 0 saturated heterocycles. The van der Waals surface area contributed by atoms with Crippen molar-refractivity contribution in [2.45, 2.75) is 19.3 Å². The lowest BCUT2D eigenvalue weighted by Crippen LogP contribution is -2.02. The molecule has 0 amide bonds. The Hall–Kier alpha value is -1.97. The Kier molecular flexibility index (Phi) is 2.06. The number of nitrogen functional groups attached to an aromatic ring is 1. The van der Waals surface area contributed by atoms with Gasteiger partial charge < -0.3 is 5.73 Å². The molecule has 0 fully saturated rings. The Balaban J connectivity index is 2.13. The van der Waals surface area contributed by atoms with Crippen LogP contribution in [0.25, 0.3) is 11.4 Å². The number of rotatable bonds is 1. The highest BCUT2D eigenvalue weighted by Crippen LogP contribution is 2.26. The van der Waals surface area contributed by atoms with E-state index in [1.165, 1.54) is 0 Å². The van der Waals surface area contributed by atoms with Crippen LogP contribution in [0.5, 0.6) is 0 Å². The summed E-state index contributed by atoms with van der Waals surface area (Å²) in [5, 5.41) is 0. The first kappa shape index (κ1) is 9.27. The molecule has 0 aliphatic heterocycles. The number of hydrogen-bond donors (Lipinski definition) is 1. The summed E-state index contributed by atoms with van der Waals surface area (Å²) in [6, 6.07) is 3.80. The van der Waals surface area contributed by atoms with Gasteiger partial charge in [-0.05, 0) is 31.4 Å². The van der Waals surface area contributed by atoms with E-state index in [9.17, 15) is 0 Å². The van der Waals surface area contributed by atoms with E-state index in [4.69, 9.17) is 5.73 Å². The molecular formula is C12H12N4. The van der Waals surface area contributed by atoms with Crippen LogP contribution in [0.3, 0.4) is 0 Å². The molecule has 1 aliphatic carbocycles. The second kappa shape index (κ2) is 3.56. The van der Waals surface area contributed by atoms with Crippen molar-refractivity contribution in [2.75, 3.05) is 5.73 Å². The molecule has 16 heavy (non-hydrogen) atoms. The average molecular weight is 212 g/mol. The van der Waals surface area contributed by atoms with Gasteiger partial charge in [-0.3, -0.25) is 4.98 Å². The van der Waals surface area contributed by atoms with E-state index in [0.717, 1.165) is 36.1 Å². The molecule has 3 rings (SSSR count). The molecule has 0 radical (unpaired) electrons. The lowest BCUT2D eigenvalue weighted by atomic mass is 10.2. The topological polar surface area (TPSA) is 64.7 Å². The molecule has 2 heterocycles. The van der Waals surface area contributed by atoms with Gasteiger partial charge in [-0.1, -0.05) is 0 Å². The first-order chi connectivity index (χ1) is 7.84. The van der Waals surface area contributed by atoms with E-state index in [0.29, 0.717) is 11.6 Å². The van der Waals surface area contributed by atoms with Crippen molar-refractivity contribution in [2.24, 2.45) is 0 Å². The van der Waals surface area contributed by atoms with Crippen molar-refractivity contribution in [1.82, 2.24) is 15.0 Å². The van der Waals surface area contributed by atoms with Crippen LogP contribution in [0, 0.1) is 0 Å². The fraction of sp³-hybridized carbons (Fsp3) is 0.250. The standard InChI is InChI=1S/C12H12N4/c13-11-9-2-1-3-10(9)15-12(16-11)8-4-6-14-7-5-8/h4-7H,1-3H2,(H2,13,15,16). The minimum Gasteiger partial charge on any atom is -0.383 e. The molecule has 2 aromatic rings. The SMILES string of the molecule is Nc1nc(-c2ccncc2)nc2c1CCC2. The summed E-state index contributed by atoms with van der Waals surface area (Å²) in [6.45, 7) is 0. The van der Waals surface area contributed by atoms with E-state index in [1.807, 2.05) is 12.1 Å². The summed E-state index contributed by atoms with van der Waals surface area (Å²) in [5.74, 6) is 1.34. The number of nitrogens with two attached hydrogens (primary N) is 1. The summed E-state index contributed by atoms with van der Waals surface area (Å²) in [6.07, 6.45) is 6.64. The zero-order valence-electron chi connectivity index (χ0n) is 8.85. The average Bonchev–Trinajstić information content (AvgIpc) is 2.79. The van der Waals surface area contributed by atoms with Gasteiger partial charge in [0.2, 0.25) is 0 Å². The van der Waals surface area contributed by atoms with E-state index >= 15 is 0 Å². The smallest absolute Gasteiger partial charge is 0.161 e. The second-order valence-corrected chi connectivity index (χ2v) is 3.95. The fourth-order valence-electron chi connectivity index (χ4n) is 2.09. The van der Waals surface area contributed by atoms with Crippen LogP contribution in [-0.4, -0.2) is 15.0 Å². The molecular weight excluding hydrogens is 200 g/mol. The molecule has 2 aromatic heterocycles. The lowest BCUT2D eigenvalue weighted by molar-refractivity contribution is 0.900. The number of aryl methyl sites for hydroxylation is 1. The molecule has 0 unspecified atom stereocenters. The van der Waals surface area contributed by atoms with Crippen LogP contribution < -0.4 is 5.73 Å². The Morgan fingerprint density at radius 1 is 1.06 bits per heavy atom. The molecule has 2 N–H and O–H groups in total. The Bertz CT molecular complexity index is 522. The zero-order valence-corrected chi connectivity index (χ0v) is 8.85. The fourth-order valence-corrected chi connectivity index (χ4v) is 2.09. The van der Waals surface area contributed by atoms with Gasteiger partial charge in [0.1, 0.15) is 5.82 Å². The lowest BCUT2D eigenvalue weighted by Gasteiger charge is -2.06. The quantitative estimate of drug-likeness (QED) is 0.780. The minimum atomic E-state index is 0.634. The first-order valence-electron chi connectivity index (χ1n) is 5.40. The monoisotopic (exact) mass is 212 g/mol. The van der Waals surface area contributed by atoms with E-state index in [2.05, 4.69) is 15.0 Å². The van der Waals surface area contributed by atoms with Gasteiger partial charge in [0, 0.05) is 29.2 Å². The summed E-state index contributed by atoms with van der Waals surface area (Å²) in [4.78, 5) is 12.9. The third-order valence-corrected chi connectivity index (χ3v) is 2.90. The van der Waals surface area contributed by atoms with Gasteiger partial charge >= 0.3 is 0 Å². The van der Waals surface area contributed by atoms with Crippen molar-refractivity contribution in [1.29, 1.82) is 0 Å². The number of anilines is 1. The van der Waals surface area contributed by atoms with E-state index in [-0.39, 0.29) is 0 Å². The normalized spacial score (nSPS) is 13.8. The van der Waals surface area contributed by atoms with Crippen LogP contribution in [0.2, 0.25) is 0 Å². The maximum atomic E-state index is 5.94. The highest BCUT2D eigenvalue weighted by atomic mass is 15.0. The van der Waals surface area contributed by atoms with Crippen molar-refractivity contribution < 1.29 is 0 Å². The molecule has 80 valence electrons. The minimum absolute atomic E-state index is 0.634. The molecule has 1 aliphatic rings. The molecule has 0 spiro atoms. The highest BCUT2D eigenvalue weighted by molar-refractivity contribution is 5.58. The molecule has 4 nitrogen and oxygen atoms in total. The van der Waals surface area contributed by atoms with Crippen LogP contribution in [0.15, 0.2) is 24.5 Å². The number of aromatic nitrogens is 3. The Morgan fingerprint density at radius 2 is 1.88 bits per heavy atom. The zero-order chi connectivity index (χ0) is 11.0. The van der Waals surface area contributed by atoms with Gasteiger partial charge in [-0.25, -0.2) is 9.97 Å².